The number of aromatic nitrogens is 4. The van der Waals surface area contributed by atoms with Crippen LogP contribution in [0.1, 0.15) is 16.2 Å². The molecule has 0 saturated carbocycles. The number of hydrogen-bond acceptors (Lipinski definition) is 5. The number of aromatic carboxylic acids is 1. The van der Waals surface area contributed by atoms with Crippen molar-refractivity contribution in [1.82, 2.24) is 20.2 Å². The maximum Gasteiger partial charge on any atom is 0.335 e. The molecule has 18 heavy (non-hydrogen) atoms. The molecule has 1 N–H and O–H groups in total. The van der Waals surface area contributed by atoms with Gasteiger partial charge < -0.3 is 5.11 Å². The Hall–Kier alpha value is -1.96. The van der Waals surface area contributed by atoms with Crippen molar-refractivity contribution in [1.29, 1.82) is 0 Å². The van der Waals surface area contributed by atoms with Gasteiger partial charge in [0.1, 0.15) is 5.82 Å². The van der Waals surface area contributed by atoms with Crippen LogP contribution in [0, 0.1) is 5.82 Å². The number of halogens is 1. The van der Waals surface area contributed by atoms with E-state index < -0.39 is 11.8 Å². The van der Waals surface area contributed by atoms with Gasteiger partial charge in [-0.15, -0.1) is 22.0 Å². The summed E-state index contributed by atoms with van der Waals surface area (Å²) >= 11 is 1.13. The molecule has 0 bridgehead atoms. The lowest BCUT2D eigenvalue weighted by molar-refractivity contribution is 0.0696. The predicted octanol–water partition coefficient (Wildman–Crippen LogP) is 1.34. The van der Waals surface area contributed by atoms with Gasteiger partial charge in [-0.05, 0) is 23.4 Å². The first-order valence-corrected chi connectivity index (χ1v) is 5.93. The molecule has 2 rings (SSSR count). The summed E-state index contributed by atoms with van der Waals surface area (Å²) in [7, 11) is 1.63. The van der Waals surface area contributed by atoms with E-state index in [2.05, 4.69) is 15.4 Å². The minimum atomic E-state index is -1.09. The zero-order valence-electron chi connectivity index (χ0n) is 9.37. The van der Waals surface area contributed by atoms with Gasteiger partial charge in [0.2, 0.25) is 0 Å². The molecule has 2 aromatic rings. The number of carboxylic acids is 1. The number of carboxylic acid groups (broad SMARTS) is 1. The summed E-state index contributed by atoms with van der Waals surface area (Å²) < 4.78 is 13.5. The van der Waals surface area contributed by atoms with Crippen LogP contribution < -0.4 is 0 Å². The Bertz CT molecular complexity index is 587. The molecule has 8 heteroatoms. The van der Waals surface area contributed by atoms with Gasteiger partial charge in [0.25, 0.3) is 0 Å². The average molecular weight is 268 g/mol. The Labute approximate surface area is 106 Å². The summed E-state index contributed by atoms with van der Waals surface area (Å²) in [5, 5.41) is 20.2. The standard InChI is InChI=1S/C10H9FN4O2S/c1-15-13-9(12-14-15)5-18-8-4-6(10(16)17)2-3-7(8)11/h2-4H,5H2,1H3,(H,16,17). The molecule has 0 atom stereocenters. The van der Waals surface area contributed by atoms with Crippen molar-refractivity contribution >= 4 is 17.7 Å². The molecule has 6 nitrogen and oxygen atoms in total. The van der Waals surface area contributed by atoms with E-state index in [1.807, 2.05) is 0 Å². The van der Waals surface area contributed by atoms with Crippen molar-refractivity contribution in [2.45, 2.75) is 10.6 Å². The van der Waals surface area contributed by atoms with Crippen LogP contribution in [0.4, 0.5) is 4.39 Å². The lowest BCUT2D eigenvalue weighted by Gasteiger charge is -2.02. The van der Waals surface area contributed by atoms with Gasteiger partial charge in [0.15, 0.2) is 5.82 Å². The number of tetrazole rings is 1. The molecule has 0 radical (unpaired) electrons. The van der Waals surface area contributed by atoms with Gasteiger partial charge in [-0.2, -0.15) is 4.80 Å². The Morgan fingerprint density at radius 1 is 1.56 bits per heavy atom. The van der Waals surface area contributed by atoms with Crippen LogP contribution in [0.5, 0.6) is 0 Å². The Morgan fingerprint density at radius 3 is 2.94 bits per heavy atom. The highest BCUT2D eigenvalue weighted by molar-refractivity contribution is 7.98. The van der Waals surface area contributed by atoms with Gasteiger partial charge in [0, 0.05) is 4.90 Å². The highest BCUT2D eigenvalue weighted by Crippen LogP contribution is 2.25. The van der Waals surface area contributed by atoms with Gasteiger partial charge in [-0.1, -0.05) is 0 Å². The SMILES string of the molecule is Cn1nnc(CSc2cc(C(=O)O)ccc2F)n1. The summed E-state index contributed by atoms with van der Waals surface area (Å²) in [6.45, 7) is 0. The number of aryl methyl sites for hydroxylation is 1. The van der Waals surface area contributed by atoms with Crippen molar-refractivity contribution in [3.8, 4) is 0 Å². The number of nitrogens with zero attached hydrogens (tertiary/aromatic N) is 4. The van der Waals surface area contributed by atoms with Gasteiger partial charge >= 0.3 is 5.97 Å². The maximum absolute atomic E-state index is 13.5. The highest BCUT2D eigenvalue weighted by atomic mass is 32.2. The van der Waals surface area contributed by atoms with E-state index in [9.17, 15) is 9.18 Å². The Balaban J connectivity index is 2.13. The molecular formula is C10H9FN4O2S. The first-order valence-electron chi connectivity index (χ1n) is 4.95. The van der Waals surface area contributed by atoms with Gasteiger partial charge in [-0.3, -0.25) is 0 Å². The molecule has 1 aromatic heterocycles. The molecular weight excluding hydrogens is 259 g/mol. The first-order chi connectivity index (χ1) is 8.56. The monoisotopic (exact) mass is 268 g/mol. The molecule has 0 saturated heterocycles. The van der Waals surface area contributed by atoms with Crippen molar-refractivity contribution in [2.24, 2.45) is 7.05 Å². The molecule has 0 aliphatic rings. The normalized spacial score (nSPS) is 10.6. The lowest BCUT2D eigenvalue weighted by atomic mass is 10.2. The Kier molecular flexibility index (Phi) is 3.56. The molecule has 1 heterocycles. The quantitative estimate of drug-likeness (QED) is 0.843. The summed E-state index contributed by atoms with van der Waals surface area (Å²) in [6, 6.07) is 3.65. The zero-order chi connectivity index (χ0) is 13.1. The number of rotatable bonds is 4. The molecule has 1 aromatic carbocycles. The van der Waals surface area contributed by atoms with Crippen molar-refractivity contribution in [3.63, 3.8) is 0 Å². The third-order valence-corrected chi connectivity index (χ3v) is 3.11. The fraction of sp³-hybridized carbons (Fsp3) is 0.200. The van der Waals surface area contributed by atoms with Crippen molar-refractivity contribution < 1.29 is 14.3 Å². The Morgan fingerprint density at radius 2 is 2.33 bits per heavy atom. The van der Waals surface area contributed by atoms with E-state index in [0.717, 1.165) is 17.8 Å². The van der Waals surface area contributed by atoms with E-state index in [1.165, 1.54) is 16.9 Å². The van der Waals surface area contributed by atoms with E-state index in [-0.39, 0.29) is 10.5 Å². The molecule has 0 aliphatic carbocycles. The van der Waals surface area contributed by atoms with Crippen molar-refractivity contribution in [3.05, 3.63) is 35.4 Å². The fourth-order valence-electron chi connectivity index (χ4n) is 1.27. The van der Waals surface area contributed by atoms with Crippen LogP contribution in [-0.4, -0.2) is 31.3 Å². The van der Waals surface area contributed by atoms with E-state index in [1.54, 1.807) is 7.05 Å². The maximum atomic E-state index is 13.5. The molecule has 94 valence electrons. The van der Waals surface area contributed by atoms with Crippen LogP contribution in [0.3, 0.4) is 0 Å². The largest absolute Gasteiger partial charge is 0.478 e. The summed E-state index contributed by atoms with van der Waals surface area (Å²) in [4.78, 5) is 12.3. The summed E-state index contributed by atoms with van der Waals surface area (Å²) in [5.74, 6) is -0.764. The second-order valence-electron chi connectivity index (χ2n) is 3.43. The minimum Gasteiger partial charge on any atom is -0.478 e. The third kappa shape index (κ3) is 2.83. The predicted molar refractivity (Wildman–Crippen MR) is 61.7 cm³/mol. The van der Waals surface area contributed by atoms with Gasteiger partial charge in [0.05, 0.1) is 18.4 Å². The number of thioether (sulfide) groups is 1. The van der Waals surface area contributed by atoms with Gasteiger partial charge in [-0.25, -0.2) is 9.18 Å². The fourth-order valence-corrected chi connectivity index (χ4v) is 2.09. The van der Waals surface area contributed by atoms with Crippen LogP contribution in [-0.2, 0) is 12.8 Å². The smallest absolute Gasteiger partial charge is 0.335 e. The lowest BCUT2D eigenvalue weighted by Crippen LogP contribution is -1.97. The minimum absolute atomic E-state index is 0.0472. The van der Waals surface area contributed by atoms with E-state index >= 15 is 0 Å². The second-order valence-corrected chi connectivity index (χ2v) is 4.45. The molecule has 0 aliphatic heterocycles. The summed E-state index contributed by atoms with van der Waals surface area (Å²) in [6.07, 6.45) is 0. The molecule has 0 spiro atoms. The molecule has 0 amide bonds. The number of benzene rings is 1. The number of carbonyl (C=O) groups is 1. The highest BCUT2D eigenvalue weighted by Gasteiger charge is 2.10. The summed E-state index contributed by atoms with van der Waals surface area (Å²) in [5.41, 5.74) is 0.0472. The first kappa shape index (κ1) is 12.5. The average Bonchev–Trinajstić information content (AvgIpc) is 2.74. The van der Waals surface area contributed by atoms with E-state index in [0.29, 0.717) is 11.6 Å². The molecule has 0 fully saturated rings. The van der Waals surface area contributed by atoms with Crippen LogP contribution in [0.2, 0.25) is 0 Å². The number of hydrogen-bond donors (Lipinski definition) is 1. The second kappa shape index (κ2) is 5.13. The molecule has 0 unspecified atom stereocenters. The van der Waals surface area contributed by atoms with E-state index in [4.69, 9.17) is 5.11 Å². The van der Waals surface area contributed by atoms with Crippen molar-refractivity contribution in [2.75, 3.05) is 0 Å². The zero-order valence-corrected chi connectivity index (χ0v) is 10.2. The van der Waals surface area contributed by atoms with Crippen LogP contribution in [0.25, 0.3) is 0 Å². The van der Waals surface area contributed by atoms with Crippen LogP contribution in [0.15, 0.2) is 23.1 Å². The van der Waals surface area contributed by atoms with Crippen LogP contribution >= 0.6 is 11.8 Å². The topological polar surface area (TPSA) is 80.9 Å². The third-order valence-electron chi connectivity index (χ3n) is 2.08.